The molecule has 0 bridgehead atoms. The highest BCUT2D eigenvalue weighted by Gasteiger charge is 2.07. The topological polar surface area (TPSA) is 72.7 Å². The fraction of sp³-hybridized carbons (Fsp3) is 0. The Bertz CT molecular complexity index is 755. The number of hydrogen-bond donors (Lipinski definition) is 2. The van der Waals surface area contributed by atoms with E-state index in [2.05, 4.69) is 33.5 Å². The van der Waals surface area contributed by atoms with Crippen molar-refractivity contribution in [3.8, 4) is 5.69 Å². The average molecular weight is 297 g/mol. The van der Waals surface area contributed by atoms with Gasteiger partial charge in [0.25, 0.3) is 5.91 Å². The standard InChI is InChI=1S/C14H11N5OS/c20-13(10-4-2-1-3-5-10)15-11-6-8-12(9-7-11)19-14(21)16-17-18-19/h1-9H,(H,15,20)(H,16,18,21). The molecular weight excluding hydrogens is 286 g/mol. The van der Waals surface area contributed by atoms with Crippen LogP contribution >= 0.6 is 12.6 Å². The van der Waals surface area contributed by atoms with Gasteiger partial charge in [-0.1, -0.05) is 18.2 Å². The minimum Gasteiger partial charge on any atom is -0.322 e. The molecule has 7 heteroatoms. The molecule has 0 aliphatic rings. The van der Waals surface area contributed by atoms with Crippen molar-refractivity contribution in [1.82, 2.24) is 20.2 Å². The Morgan fingerprint density at radius 2 is 1.76 bits per heavy atom. The Morgan fingerprint density at radius 3 is 2.38 bits per heavy atom. The summed E-state index contributed by atoms with van der Waals surface area (Å²) in [7, 11) is 0. The van der Waals surface area contributed by atoms with E-state index in [9.17, 15) is 4.79 Å². The van der Waals surface area contributed by atoms with E-state index in [1.54, 1.807) is 36.4 Å². The number of anilines is 1. The maximum Gasteiger partial charge on any atom is 0.255 e. The predicted molar refractivity (Wildman–Crippen MR) is 80.8 cm³/mol. The maximum atomic E-state index is 12.0. The average Bonchev–Trinajstić information content (AvgIpc) is 2.95. The molecule has 3 rings (SSSR count). The molecule has 2 aromatic carbocycles. The smallest absolute Gasteiger partial charge is 0.255 e. The van der Waals surface area contributed by atoms with Crippen LogP contribution in [0.1, 0.15) is 10.4 Å². The number of benzene rings is 2. The number of amides is 1. The lowest BCUT2D eigenvalue weighted by atomic mass is 10.2. The Labute approximate surface area is 126 Å². The van der Waals surface area contributed by atoms with Crippen LogP contribution in [0.15, 0.2) is 59.8 Å². The molecule has 1 heterocycles. The highest BCUT2D eigenvalue weighted by molar-refractivity contribution is 7.80. The van der Waals surface area contributed by atoms with Crippen LogP contribution in [0.4, 0.5) is 5.69 Å². The van der Waals surface area contributed by atoms with Gasteiger partial charge in [-0.25, -0.2) is 0 Å². The van der Waals surface area contributed by atoms with Gasteiger partial charge in [-0.15, -0.1) is 17.7 Å². The van der Waals surface area contributed by atoms with E-state index in [0.29, 0.717) is 16.4 Å². The maximum absolute atomic E-state index is 12.0. The summed E-state index contributed by atoms with van der Waals surface area (Å²) in [5.74, 6) is -0.152. The van der Waals surface area contributed by atoms with Crippen LogP contribution in [0, 0.1) is 0 Å². The number of thiol groups is 1. The fourth-order valence-corrected chi connectivity index (χ4v) is 2.02. The van der Waals surface area contributed by atoms with Crippen LogP contribution in [0.2, 0.25) is 0 Å². The van der Waals surface area contributed by atoms with E-state index in [-0.39, 0.29) is 5.91 Å². The van der Waals surface area contributed by atoms with E-state index in [0.717, 1.165) is 5.69 Å². The lowest BCUT2D eigenvalue weighted by Crippen LogP contribution is -2.11. The minimum absolute atomic E-state index is 0.152. The number of nitrogens with zero attached hydrogens (tertiary/aromatic N) is 4. The molecule has 0 fully saturated rings. The van der Waals surface area contributed by atoms with Crippen molar-refractivity contribution in [2.24, 2.45) is 0 Å². The first-order valence-electron chi connectivity index (χ1n) is 6.18. The van der Waals surface area contributed by atoms with Crippen molar-refractivity contribution >= 4 is 24.2 Å². The quantitative estimate of drug-likeness (QED) is 0.727. The van der Waals surface area contributed by atoms with Crippen LogP contribution in [-0.4, -0.2) is 26.1 Å². The number of tetrazole rings is 1. The van der Waals surface area contributed by atoms with E-state index >= 15 is 0 Å². The Balaban J connectivity index is 1.76. The summed E-state index contributed by atoms with van der Waals surface area (Å²) in [4.78, 5) is 12.0. The Kier molecular flexibility index (Phi) is 3.65. The minimum atomic E-state index is -0.152. The van der Waals surface area contributed by atoms with E-state index in [1.807, 2.05) is 18.2 Å². The van der Waals surface area contributed by atoms with Crippen molar-refractivity contribution in [2.45, 2.75) is 5.16 Å². The summed E-state index contributed by atoms with van der Waals surface area (Å²) in [6, 6.07) is 16.2. The van der Waals surface area contributed by atoms with Gasteiger partial charge in [0.15, 0.2) is 0 Å². The monoisotopic (exact) mass is 297 g/mol. The van der Waals surface area contributed by atoms with Crippen molar-refractivity contribution in [2.75, 3.05) is 5.32 Å². The van der Waals surface area contributed by atoms with E-state index in [1.165, 1.54) is 4.68 Å². The highest BCUT2D eigenvalue weighted by Crippen LogP contribution is 2.15. The Hall–Kier alpha value is -2.67. The van der Waals surface area contributed by atoms with Gasteiger partial charge in [0, 0.05) is 11.3 Å². The van der Waals surface area contributed by atoms with Crippen LogP contribution in [0.3, 0.4) is 0 Å². The van der Waals surface area contributed by atoms with Crippen molar-refractivity contribution in [3.05, 3.63) is 60.2 Å². The fourth-order valence-electron chi connectivity index (χ4n) is 1.83. The van der Waals surface area contributed by atoms with Gasteiger partial charge in [0.2, 0.25) is 5.16 Å². The van der Waals surface area contributed by atoms with Gasteiger partial charge in [0.1, 0.15) is 0 Å². The second kappa shape index (κ2) is 5.76. The zero-order chi connectivity index (χ0) is 14.7. The zero-order valence-electron chi connectivity index (χ0n) is 10.8. The molecule has 104 valence electrons. The highest BCUT2D eigenvalue weighted by atomic mass is 32.1. The van der Waals surface area contributed by atoms with E-state index < -0.39 is 0 Å². The molecule has 0 saturated carbocycles. The summed E-state index contributed by atoms with van der Waals surface area (Å²) >= 11 is 4.15. The molecule has 1 N–H and O–H groups in total. The SMILES string of the molecule is O=C(Nc1ccc(-n2nnnc2S)cc1)c1ccccc1. The second-order valence-electron chi connectivity index (χ2n) is 4.26. The second-order valence-corrected chi connectivity index (χ2v) is 4.66. The molecule has 1 aromatic heterocycles. The molecule has 0 aliphatic carbocycles. The van der Waals surface area contributed by atoms with E-state index in [4.69, 9.17) is 0 Å². The number of nitrogens with one attached hydrogen (secondary N) is 1. The Morgan fingerprint density at radius 1 is 1.05 bits per heavy atom. The first-order valence-corrected chi connectivity index (χ1v) is 6.63. The lowest BCUT2D eigenvalue weighted by molar-refractivity contribution is 0.102. The number of rotatable bonds is 3. The van der Waals surface area contributed by atoms with Crippen molar-refractivity contribution < 1.29 is 4.79 Å². The third kappa shape index (κ3) is 2.92. The summed E-state index contributed by atoms with van der Waals surface area (Å²) in [6.07, 6.45) is 0. The molecule has 0 saturated heterocycles. The summed E-state index contributed by atoms with van der Waals surface area (Å²) in [6.45, 7) is 0. The zero-order valence-corrected chi connectivity index (χ0v) is 11.7. The molecule has 6 nitrogen and oxygen atoms in total. The van der Waals surface area contributed by atoms with Gasteiger partial charge >= 0.3 is 0 Å². The number of hydrogen-bond acceptors (Lipinski definition) is 5. The molecule has 21 heavy (non-hydrogen) atoms. The molecular formula is C14H11N5OS. The van der Waals surface area contributed by atoms with Crippen LogP contribution in [-0.2, 0) is 0 Å². The van der Waals surface area contributed by atoms with Gasteiger partial charge in [-0.2, -0.15) is 4.68 Å². The van der Waals surface area contributed by atoms with Crippen LogP contribution in [0.5, 0.6) is 0 Å². The van der Waals surface area contributed by atoms with Gasteiger partial charge in [-0.3, -0.25) is 4.79 Å². The molecule has 0 radical (unpaired) electrons. The molecule has 0 spiro atoms. The van der Waals surface area contributed by atoms with Crippen LogP contribution in [0.25, 0.3) is 5.69 Å². The number of carbonyl (C=O) groups is 1. The van der Waals surface area contributed by atoms with Crippen LogP contribution < -0.4 is 5.32 Å². The van der Waals surface area contributed by atoms with Crippen molar-refractivity contribution in [3.63, 3.8) is 0 Å². The third-order valence-electron chi connectivity index (χ3n) is 2.86. The van der Waals surface area contributed by atoms with Gasteiger partial charge in [-0.05, 0) is 46.8 Å². The lowest BCUT2D eigenvalue weighted by Gasteiger charge is -2.06. The first kappa shape index (κ1) is 13.3. The summed E-state index contributed by atoms with van der Waals surface area (Å²) in [5.41, 5.74) is 2.07. The summed E-state index contributed by atoms with van der Waals surface area (Å²) in [5, 5.41) is 14.3. The molecule has 1 amide bonds. The third-order valence-corrected chi connectivity index (χ3v) is 3.14. The first-order chi connectivity index (χ1) is 10.2. The molecule has 3 aromatic rings. The summed E-state index contributed by atoms with van der Waals surface area (Å²) < 4.78 is 1.49. The largest absolute Gasteiger partial charge is 0.322 e. The number of carbonyl (C=O) groups excluding carboxylic acids is 1. The molecule has 0 atom stereocenters. The number of aromatic nitrogens is 4. The normalized spacial score (nSPS) is 10.3. The molecule has 0 unspecified atom stereocenters. The van der Waals surface area contributed by atoms with Crippen molar-refractivity contribution in [1.29, 1.82) is 0 Å². The van der Waals surface area contributed by atoms with Gasteiger partial charge < -0.3 is 5.32 Å². The predicted octanol–water partition coefficient (Wildman–Crippen LogP) is 2.20. The van der Waals surface area contributed by atoms with Gasteiger partial charge in [0.05, 0.1) is 5.69 Å². The molecule has 0 aliphatic heterocycles.